The van der Waals surface area contributed by atoms with E-state index in [2.05, 4.69) is 0 Å². The lowest BCUT2D eigenvalue weighted by Gasteiger charge is -2.36. The molecule has 0 bridgehead atoms. The zero-order valence-corrected chi connectivity index (χ0v) is 8.73. The number of rotatable bonds is 2. The first-order chi connectivity index (χ1) is 7.18. The second kappa shape index (κ2) is 4.21. The highest BCUT2D eigenvalue weighted by Crippen LogP contribution is 2.28. The van der Waals surface area contributed by atoms with Crippen LogP contribution in [0, 0.1) is 0 Å². The SMILES string of the molecule is NC1(O)CCCCC1Oc1ccccc1. The third-order valence-electron chi connectivity index (χ3n) is 2.87. The number of benzene rings is 1. The van der Waals surface area contributed by atoms with Crippen LogP contribution in [-0.2, 0) is 0 Å². The predicted molar refractivity (Wildman–Crippen MR) is 58.5 cm³/mol. The highest BCUT2D eigenvalue weighted by atomic mass is 16.5. The Kier molecular flexibility index (Phi) is 2.93. The van der Waals surface area contributed by atoms with Gasteiger partial charge in [-0.2, -0.15) is 0 Å². The maximum atomic E-state index is 9.95. The fourth-order valence-corrected chi connectivity index (χ4v) is 1.97. The van der Waals surface area contributed by atoms with E-state index in [1.807, 2.05) is 30.3 Å². The van der Waals surface area contributed by atoms with E-state index < -0.39 is 5.72 Å². The number of hydrogen-bond donors (Lipinski definition) is 2. The summed E-state index contributed by atoms with van der Waals surface area (Å²) in [6.07, 6.45) is 3.19. The minimum atomic E-state index is -1.17. The van der Waals surface area contributed by atoms with Crippen molar-refractivity contribution in [2.75, 3.05) is 0 Å². The van der Waals surface area contributed by atoms with Gasteiger partial charge in [0.2, 0.25) is 0 Å². The fraction of sp³-hybridized carbons (Fsp3) is 0.500. The van der Waals surface area contributed by atoms with Crippen molar-refractivity contribution in [1.29, 1.82) is 0 Å². The number of ether oxygens (including phenoxy) is 1. The van der Waals surface area contributed by atoms with Gasteiger partial charge in [-0.1, -0.05) is 18.2 Å². The van der Waals surface area contributed by atoms with Crippen molar-refractivity contribution in [2.45, 2.75) is 37.5 Å². The molecule has 0 aliphatic heterocycles. The topological polar surface area (TPSA) is 55.5 Å². The molecule has 0 radical (unpaired) electrons. The fourth-order valence-electron chi connectivity index (χ4n) is 1.97. The average Bonchev–Trinajstić information content (AvgIpc) is 2.23. The molecule has 1 saturated carbocycles. The molecule has 3 heteroatoms. The Balaban J connectivity index is 2.05. The predicted octanol–water partition coefficient (Wildman–Crippen LogP) is 1.66. The summed E-state index contributed by atoms with van der Waals surface area (Å²) in [5.74, 6) is 0.772. The van der Waals surface area contributed by atoms with Crippen molar-refractivity contribution in [3.05, 3.63) is 30.3 Å². The highest BCUT2D eigenvalue weighted by molar-refractivity contribution is 5.21. The largest absolute Gasteiger partial charge is 0.486 e. The molecule has 0 amide bonds. The van der Waals surface area contributed by atoms with Crippen LogP contribution >= 0.6 is 0 Å². The summed E-state index contributed by atoms with van der Waals surface area (Å²) in [7, 11) is 0. The van der Waals surface area contributed by atoms with Crippen LogP contribution in [0.25, 0.3) is 0 Å². The Morgan fingerprint density at radius 3 is 2.67 bits per heavy atom. The quantitative estimate of drug-likeness (QED) is 0.725. The Bertz CT molecular complexity index is 311. The normalized spacial score (nSPS) is 31.2. The standard InChI is InChI=1S/C12H17NO2/c13-12(14)9-5-4-8-11(12)15-10-6-2-1-3-7-10/h1-3,6-7,11,14H,4-5,8-9,13H2. The number of hydrogen-bond acceptors (Lipinski definition) is 3. The van der Waals surface area contributed by atoms with Gasteiger partial charge in [-0.3, -0.25) is 0 Å². The summed E-state index contributed by atoms with van der Waals surface area (Å²) in [5.41, 5.74) is 4.63. The summed E-state index contributed by atoms with van der Waals surface area (Å²) in [5, 5.41) is 9.95. The lowest BCUT2D eigenvalue weighted by molar-refractivity contribution is -0.0828. The molecule has 0 aromatic heterocycles. The van der Waals surface area contributed by atoms with Crippen molar-refractivity contribution < 1.29 is 9.84 Å². The maximum absolute atomic E-state index is 9.95. The van der Waals surface area contributed by atoms with E-state index >= 15 is 0 Å². The minimum Gasteiger partial charge on any atom is -0.486 e. The average molecular weight is 207 g/mol. The van der Waals surface area contributed by atoms with Crippen LogP contribution in [0.3, 0.4) is 0 Å². The Morgan fingerprint density at radius 1 is 1.27 bits per heavy atom. The summed E-state index contributed by atoms with van der Waals surface area (Å²) in [6, 6.07) is 9.51. The summed E-state index contributed by atoms with van der Waals surface area (Å²) in [6.45, 7) is 0. The minimum absolute atomic E-state index is 0.284. The van der Waals surface area contributed by atoms with Gasteiger partial charge in [0.25, 0.3) is 0 Å². The van der Waals surface area contributed by atoms with Crippen LogP contribution < -0.4 is 10.5 Å². The molecule has 15 heavy (non-hydrogen) atoms. The van der Waals surface area contributed by atoms with Crippen LogP contribution in [0.4, 0.5) is 0 Å². The second-order valence-electron chi connectivity index (χ2n) is 4.16. The van der Waals surface area contributed by atoms with Crippen molar-refractivity contribution in [2.24, 2.45) is 5.73 Å². The van der Waals surface area contributed by atoms with E-state index in [9.17, 15) is 5.11 Å². The van der Waals surface area contributed by atoms with Crippen molar-refractivity contribution in [1.82, 2.24) is 0 Å². The molecular formula is C12H17NO2. The number of para-hydroxylation sites is 1. The molecule has 0 heterocycles. The molecule has 2 rings (SSSR count). The number of nitrogens with two attached hydrogens (primary N) is 1. The third-order valence-corrected chi connectivity index (χ3v) is 2.87. The molecule has 3 N–H and O–H groups in total. The molecule has 82 valence electrons. The summed E-state index contributed by atoms with van der Waals surface area (Å²) < 4.78 is 5.70. The summed E-state index contributed by atoms with van der Waals surface area (Å²) in [4.78, 5) is 0. The molecule has 3 nitrogen and oxygen atoms in total. The van der Waals surface area contributed by atoms with E-state index in [1.165, 1.54) is 0 Å². The molecule has 2 atom stereocenters. The van der Waals surface area contributed by atoms with Crippen LogP contribution in [0.1, 0.15) is 25.7 Å². The zero-order valence-electron chi connectivity index (χ0n) is 8.73. The number of aliphatic hydroxyl groups is 1. The van der Waals surface area contributed by atoms with Gasteiger partial charge in [0, 0.05) is 0 Å². The monoisotopic (exact) mass is 207 g/mol. The lowest BCUT2D eigenvalue weighted by atomic mass is 9.89. The van der Waals surface area contributed by atoms with Gasteiger partial charge in [-0.25, -0.2) is 0 Å². The Labute approximate surface area is 89.9 Å². The third kappa shape index (κ3) is 2.49. The molecule has 0 spiro atoms. The highest BCUT2D eigenvalue weighted by Gasteiger charge is 2.36. The van der Waals surface area contributed by atoms with E-state index in [-0.39, 0.29) is 6.10 Å². The van der Waals surface area contributed by atoms with Gasteiger partial charge in [0.15, 0.2) is 5.72 Å². The molecule has 1 aromatic rings. The van der Waals surface area contributed by atoms with E-state index in [1.54, 1.807) is 0 Å². The van der Waals surface area contributed by atoms with Gasteiger partial charge in [-0.15, -0.1) is 0 Å². The zero-order chi connectivity index (χ0) is 10.7. The van der Waals surface area contributed by atoms with E-state index in [0.717, 1.165) is 25.0 Å². The van der Waals surface area contributed by atoms with Gasteiger partial charge in [0.1, 0.15) is 11.9 Å². The molecule has 1 fully saturated rings. The van der Waals surface area contributed by atoms with Crippen molar-refractivity contribution in [3.8, 4) is 5.75 Å². The van der Waals surface area contributed by atoms with Crippen LogP contribution in [-0.4, -0.2) is 16.9 Å². The molecule has 1 aromatic carbocycles. The van der Waals surface area contributed by atoms with Crippen molar-refractivity contribution in [3.63, 3.8) is 0 Å². The molecule has 1 aliphatic carbocycles. The Hall–Kier alpha value is -1.06. The Morgan fingerprint density at radius 2 is 2.00 bits per heavy atom. The lowest BCUT2D eigenvalue weighted by Crippen LogP contribution is -2.55. The van der Waals surface area contributed by atoms with E-state index in [4.69, 9.17) is 10.5 Å². The maximum Gasteiger partial charge on any atom is 0.150 e. The first kappa shape index (κ1) is 10.5. The van der Waals surface area contributed by atoms with Crippen molar-refractivity contribution >= 4 is 0 Å². The van der Waals surface area contributed by atoms with Crippen LogP contribution in [0.2, 0.25) is 0 Å². The van der Waals surface area contributed by atoms with Crippen LogP contribution in [0.15, 0.2) is 30.3 Å². The van der Waals surface area contributed by atoms with Gasteiger partial charge >= 0.3 is 0 Å². The first-order valence-electron chi connectivity index (χ1n) is 5.41. The smallest absolute Gasteiger partial charge is 0.150 e. The van der Waals surface area contributed by atoms with E-state index in [0.29, 0.717) is 6.42 Å². The molecule has 2 unspecified atom stereocenters. The molecule has 0 saturated heterocycles. The van der Waals surface area contributed by atoms with Gasteiger partial charge in [0.05, 0.1) is 0 Å². The second-order valence-corrected chi connectivity index (χ2v) is 4.16. The molecular weight excluding hydrogens is 190 g/mol. The van der Waals surface area contributed by atoms with Gasteiger partial charge in [-0.05, 0) is 37.8 Å². The van der Waals surface area contributed by atoms with Gasteiger partial charge < -0.3 is 15.6 Å². The molecule has 1 aliphatic rings. The summed E-state index contributed by atoms with van der Waals surface area (Å²) >= 11 is 0. The first-order valence-corrected chi connectivity index (χ1v) is 5.41. The van der Waals surface area contributed by atoms with Crippen LogP contribution in [0.5, 0.6) is 5.75 Å².